The number of rotatable bonds is 1. The Morgan fingerprint density at radius 2 is 1.73 bits per heavy atom. The highest BCUT2D eigenvalue weighted by atomic mass is 79.9. The molecule has 0 N–H and O–H groups in total. The van der Waals surface area contributed by atoms with E-state index in [9.17, 15) is 10.1 Å². The molecule has 0 amide bonds. The van der Waals surface area contributed by atoms with Crippen molar-refractivity contribution in [3.05, 3.63) is 30.2 Å². The molecule has 0 saturated heterocycles. The zero-order chi connectivity index (χ0) is 12.0. The smallest absolute Gasteiger partial charge is 0.262 e. The van der Waals surface area contributed by atoms with E-state index < -0.39 is 14.7 Å². The molecule has 0 fully saturated rings. The van der Waals surface area contributed by atoms with E-state index in [1.807, 2.05) is 0 Å². The van der Waals surface area contributed by atoms with Gasteiger partial charge in [-0.2, -0.15) is 0 Å². The first-order valence-corrected chi connectivity index (χ1v) is 6.13. The minimum Gasteiger partial charge on any atom is -0.262 e. The summed E-state index contributed by atoms with van der Waals surface area (Å²) in [6.45, 7) is 0. The van der Waals surface area contributed by atoms with Crippen LogP contribution in [0.3, 0.4) is 0 Å². The van der Waals surface area contributed by atoms with Gasteiger partial charge in [0.25, 0.3) is 0 Å². The van der Waals surface area contributed by atoms with Crippen LogP contribution in [0.15, 0.2) is 20.1 Å². The molecule has 0 saturated carbocycles. The van der Waals surface area contributed by atoms with Gasteiger partial charge in [-0.15, -0.1) is 0 Å². The molecule has 2 atom stereocenters. The highest BCUT2D eigenvalue weighted by Gasteiger charge is 2.57. The molecule has 0 spiro atoms. The quantitative estimate of drug-likeness (QED) is 0.296. The number of alkyl halides is 2. The highest BCUT2D eigenvalue weighted by Crippen LogP contribution is 2.50. The zero-order valence-electron chi connectivity index (χ0n) is 6.61. The number of hydrogen-bond donors (Lipinski definition) is 0. The maximum Gasteiger partial charge on any atom is 0.349 e. The molecular weight excluding hydrogens is 375 g/mol. The molecule has 1 aliphatic rings. The Morgan fingerprint density at radius 3 is 2.13 bits per heavy atom. The van der Waals surface area contributed by atoms with Gasteiger partial charge in [0.2, 0.25) is 0 Å². The molecule has 0 aromatic carbocycles. The average Bonchev–Trinajstić information content (AvgIpc) is 2.20. The van der Waals surface area contributed by atoms with Crippen LogP contribution in [0, 0.1) is 10.1 Å². The van der Waals surface area contributed by atoms with Crippen LogP contribution >= 0.6 is 73.9 Å². The van der Waals surface area contributed by atoms with Crippen LogP contribution in [-0.2, 0) is 0 Å². The monoisotopic (exact) mass is 373 g/mol. The predicted molar refractivity (Wildman–Crippen MR) is 65.8 cm³/mol. The highest BCUT2D eigenvalue weighted by molar-refractivity contribution is 9.09. The summed E-state index contributed by atoms with van der Waals surface area (Å²) in [6.07, 6.45) is 0. The summed E-state index contributed by atoms with van der Waals surface area (Å²) in [5, 5.41) is 10.1. The first kappa shape index (κ1) is 13.9. The summed E-state index contributed by atoms with van der Waals surface area (Å²) in [6, 6.07) is 0. The summed E-state index contributed by atoms with van der Waals surface area (Å²) < 4.78 is 0. The van der Waals surface area contributed by atoms with Gasteiger partial charge in [0.1, 0.15) is 9.86 Å². The van der Waals surface area contributed by atoms with E-state index in [0.717, 1.165) is 0 Å². The lowest BCUT2D eigenvalue weighted by Gasteiger charge is -2.27. The van der Waals surface area contributed by atoms with E-state index in [-0.39, 0.29) is 20.1 Å². The van der Waals surface area contributed by atoms with Crippen molar-refractivity contribution in [1.29, 1.82) is 0 Å². The molecule has 0 bridgehead atoms. The normalized spacial score (nSPS) is 32.3. The summed E-state index contributed by atoms with van der Waals surface area (Å²) >= 11 is 31.5. The van der Waals surface area contributed by atoms with Gasteiger partial charge in [-0.25, -0.2) is 0 Å². The zero-order valence-corrected chi connectivity index (χ0v) is 12.0. The van der Waals surface area contributed by atoms with Gasteiger partial charge in [0.05, 0.1) is 20.0 Å². The molecule has 1 aliphatic carbocycles. The van der Waals surface area contributed by atoms with Gasteiger partial charge in [-0.05, 0) is 11.6 Å². The molecule has 15 heavy (non-hydrogen) atoms. The maximum atomic E-state index is 10.8. The van der Waals surface area contributed by atoms with Crippen LogP contribution in [0.5, 0.6) is 0 Å². The Hall–Kier alpha value is 0.810. The van der Waals surface area contributed by atoms with E-state index in [1.165, 1.54) is 0 Å². The fourth-order valence-corrected chi connectivity index (χ4v) is 3.19. The van der Waals surface area contributed by atoms with E-state index in [4.69, 9.17) is 58.0 Å². The van der Waals surface area contributed by atoms with Crippen molar-refractivity contribution in [2.24, 2.45) is 0 Å². The Bertz CT molecular complexity index is 395. The van der Waals surface area contributed by atoms with Crippen molar-refractivity contribution in [2.45, 2.75) is 9.83 Å². The van der Waals surface area contributed by atoms with Crippen molar-refractivity contribution in [3.8, 4) is 0 Å². The van der Waals surface area contributed by atoms with Crippen molar-refractivity contribution in [3.63, 3.8) is 0 Å². The second-order valence-electron chi connectivity index (χ2n) is 2.58. The Kier molecular flexibility index (Phi) is 4.24. The molecule has 0 aromatic rings. The van der Waals surface area contributed by atoms with E-state index >= 15 is 0 Å². The number of nitro groups is 1. The molecular formula is C6HBrCl5NO2. The number of halogens is 6. The van der Waals surface area contributed by atoms with Crippen LogP contribution in [0.25, 0.3) is 0 Å². The van der Waals surface area contributed by atoms with Crippen molar-refractivity contribution < 1.29 is 4.92 Å². The number of nitrogens with zero attached hydrogens (tertiary/aromatic N) is 1. The summed E-state index contributed by atoms with van der Waals surface area (Å²) in [7, 11) is 0. The molecule has 84 valence electrons. The van der Waals surface area contributed by atoms with Crippen molar-refractivity contribution >= 4 is 73.9 Å². The lowest BCUT2D eigenvalue weighted by molar-refractivity contribution is -0.526. The van der Waals surface area contributed by atoms with Gasteiger partial charge >= 0.3 is 5.00 Å². The lowest BCUT2D eigenvalue weighted by Crippen LogP contribution is -2.44. The summed E-state index contributed by atoms with van der Waals surface area (Å²) in [5.74, 6) is 0. The minimum atomic E-state index is -2.13. The van der Waals surface area contributed by atoms with Gasteiger partial charge in [-0.3, -0.25) is 10.1 Å². The average molecular weight is 376 g/mol. The van der Waals surface area contributed by atoms with Gasteiger partial charge in [0, 0.05) is 0 Å². The van der Waals surface area contributed by atoms with Crippen molar-refractivity contribution in [2.75, 3.05) is 0 Å². The Labute approximate surface area is 118 Å². The van der Waals surface area contributed by atoms with Crippen molar-refractivity contribution in [1.82, 2.24) is 0 Å². The first-order chi connectivity index (χ1) is 6.74. The molecule has 0 radical (unpaired) electrons. The fraction of sp³-hybridized carbons (Fsp3) is 0.333. The van der Waals surface area contributed by atoms with Crippen LogP contribution in [0.2, 0.25) is 0 Å². The number of hydrogen-bond acceptors (Lipinski definition) is 2. The Morgan fingerprint density at radius 1 is 1.27 bits per heavy atom. The van der Waals surface area contributed by atoms with Gasteiger partial charge in [-0.1, -0.05) is 62.3 Å². The summed E-state index contributed by atoms with van der Waals surface area (Å²) in [4.78, 5) is 6.88. The SMILES string of the molecule is O=[N+]([O-])C1(Cl)C(Cl)=C(Cl)C(Cl)=C(Cl)C1Br. The standard InChI is InChI=1S/C6HBrCl5NO2/c7-4-2(9)1(8)3(10)5(11)6(4,12)13(14)15/h4H. The lowest BCUT2D eigenvalue weighted by atomic mass is 10.1. The second-order valence-corrected chi connectivity index (χ2v) is 5.62. The third kappa shape index (κ3) is 2.01. The van der Waals surface area contributed by atoms with Gasteiger partial charge in [0.15, 0.2) is 0 Å². The fourth-order valence-electron chi connectivity index (χ4n) is 0.918. The minimum absolute atomic E-state index is 0.0525. The molecule has 2 unspecified atom stereocenters. The number of allylic oxidation sites excluding steroid dienone is 2. The topological polar surface area (TPSA) is 43.1 Å². The Balaban J connectivity index is 3.45. The van der Waals surface area contributed by atoms with Crippen LogP contribution in [0.1, 0.15) is 0 Å². The van der Waals surface area contributed by atoms with E-state index in [1.54, 1.807) is 0 Å². The van der Waals surface area contributed by atoms with E-state index in [0.29, 0.717) is 0 Å². The second kappa shape index (κ2) is 4.59. The molecule has 0 aliphatic heterocycles. The van der Waals surface area contributed by atoms with Crippen LogP contribution in [0.4, 0.5) is 0 Å². The maximum absolute atomic E-state index is 10.8. The van der Waals surface area contributed by atoms with Crippen LogP contribution in [-0.4, -0.2) is 14.7 Å². The molecule has 9 heteroatoms. The first-order valence-electron chi connectivity index (χ1n) is 3.33. The molecule has 0 heterocycles. The van der Waals surface area contributed by atoms with Gasteiger partial charge < -0.3 is 0 Å². The largest absolute Gasteiger partial charge is 0.349 e. The molecule has 1 rings (SSSR count). The predicted octanol–water partition coefficient (Wildman–Crippen LogP) is 4.35. The molecule has 3 nitrogen and oxygen atoms in total. The third-order valence-corrected chi connectivity index (χ3v) is 5.96. The third-order valence-electron chi connectivity index (χ3n) is 1.73. The van der Waals surface area contributed by atoms with E-state index in [2.05, 4.69) is 15.9 Å². The summed E-state index contributed by atoms with van der Waals surface area (Å²) in [5.41, 5.74) is 0. The molecule has 0 aromatic heterocycles. The van der Waals surface area contributed by atoms with Crippen LogP contribution < -0.4 is 0 Å².